The molecule has 0 saturated heterocycles. The number of hydrogen-bond acceptors (Lipinski definition) is 7. The Morgan fingerprint density at radius 1 is 0.812 bits per heavy atom. The van der Waals surface area contributed by atoms with E-state index in [1.165, 1.54) is 12.2 Å². The minimum absolute atomic E-state index is 0.132. The van der Waals surface area contributed by atoms with E-state index in [1.54, 1.807) is 0 Å². The van der Waals surface area contributed by atoms with Crippen LogP contribution in [0, 0.1) is 0 Å². The molecule has 7 heteroatoms. The zero-order chi connectivity index (χ0) is 12.4. The fraction of sp³-hybridized carbons (Fsp3) is 0.222. The van der Waals surface area contributed by atoms with Crippen LogP contribution in [-0.4, -0.2) is 31.7 Å². The van der Waals surface area contributed by atoms with Gasteiger partial charge in [-0.3, -0.25) is 0 Å². The standard InChI is InChI=1S/C9H10O7/c1-3-5-13-7(10)15-9(12)16-8(11)14-6-4-2/h3-4H,1-2,5-6H2. The maximum atomic E-state index is 10.7. The summed E-state index contributed by atoms with van der Waals surface area (Å²) in [5.74, 6) is 0. The van der Waals surface area contributed by atoms with E-state index in [4.69, 9.17) is 0 Å². The maximum absolute atomic E-state index is 10.7. The van der Waals surface area contributed by atoms with Crippen molar-refractivity contribution in [1.29, 1.82) is 0 Å². The van der Waals surface area contributed by atoms with Crippen LogP contribution in [0.15, 0.2) is 25.3 Å². The normalized spacial score (nSPS) is 8.50. The van der Waals surface area contributed by atoms with E-state index in [2.05, 4.69) is 32.1 Å². The predicted octanol–water partition coefficient (Wildman–Crippen LogP) is 1.78. The largest absolute Gasteiger partial charge is 0.528 e. The Morgan fingerprint density at radius 2 is 1.19 bits per heavy atom. The summed E-state index contributed by atoms with van der Waals surface area (Å²) in [6, 6.07) is 0. The van der Waals surface area contributed by atoms with E-state index in [0.29, 0.717) is 0 Å². The Bertz CT molecular complexity index is 266. The van der Waals surface area contributed by atoms with Gasteiger partial charge in [0.15, 0.2) is 0 Å². The highest BCUT2D eigenvalue weighted by Crippen LogP contribution is 1.93. The molecule has 7 nitrogen and oxygen atoms in total. The monoisotopic (exact) mass is 230 g/mol. The molecule has 0 unspecified atom stereocenters. The molecule has 0 heterocycles. The molecule has 88 valence electrons. The third-order valence-electron chi connectivity index (χ3n) is 0.971. The second-order valence-corrected chi connectivity index (χ2v) is 2.15. The van der Waals surface area contributed by atoms with Gasteiger partial charge in [0.2, 0.25) is 0 Å². The van der Waals surface area contributed by atoms with E-state index >= 15 is 0 Å². The lowest BCUT2D eigenvalue weighted by Crippen LogP contribution is -2.19. The first kappa shape index (κ1) is 13.7. The molecule has 0 aromatic heterocycles. The topological polar surface area (TPSA) is 88.1 Å². The van der Waals surface area contributed by atoms with Crippen LogP contribution < -0.4 is 0 Å². The molecule has 0 amide bonds. The number of carbonyl (C=O) groups is 3. The summed E-state index contributed by atoms with van der Waals surface area (Å²) in [6.07, 6.45) is -1.61. The number of hydrogen-bond donors (Lipinski definition) is 0. The zero-order valence-corrected chi connectivity index (χ0v) is 8.34. The Labute approximate surface area is 91.2 Å². The van der Waals surface area contributed by atoms with Crippen molar-refractivity contribution in [2.24, 2.45) is 0 Å². The molecular formula is C9H10O7. The Kier molecular flexibility index (Phi) is 6.88. The van der Waals surface area contributed by atoms with E-state index in [1.807, 2.05) is 0 Å². The Balaban J connectivity index is 3.80. The second-order valence-electron chi connectivity index (χ2n) is 2.15. The summed E-state index contributed by atoms with van der Waals surface area (Å²) >= 11 is 0. The van der Waals surface area contributed by atoms with Crippen LogP contribution in [0.4, 0.5) is 14.4 Å². The molecule has 0 fully saturated rings. The highest BCUT2D eigenvalue weighted by Gasteiger charge is 2.17. The third-order valence-corrected chi connectivity index (χ3v) is 0.971. The lowest BCUT2D eigenvalue weighted by atomic mass is 10.7. The molecule has 0 atom stereocenters. The molecule has 0 spiro atoms. The van der Waals surface area contributed by atoms with Crippen LogP contribution in [0.5, 0.6) is 0 Å². The molecule has 0 aliphatic carbocycles. The Hall–Kier alpha value is -2.31. The molecule has 0 bridgehead atoms. The Morgan fingerprint density at radius 3 is 1.50 bits per heavy atom. The van der Waals surface area contributed by atoms with Gasteiger partial charge in [0, 0.05) is 0 Å². The van der Waals surface area contributed by atoms with Gasteiger partial charge in [-0.2, -0.15) is 0 Å². The molecule has 0 saturated carbocycles. The summed E-state index contributed by atoms with van der Waals surface area (Å²) < 4.78 is 16.4. The molecule has 0 rings (SSSR count). The van der Waals surface area contributed by atoms with Crippen molar-refractivity contribution in [3.05, 3.63) is 25.3 Å². The van der Waals surface area contributed by atoms with Crippen LogP contribution in [0.1, 0.15) is 0 Å². The molecule has 0 aromatic rings. The fourth-order valence-electron chi connectivity index (χ4n) is 0.470. The SMILES string of the molecule is C=CCOC(=O)OC(=O)OC(=O)OCC=C. The van der Waals surface area contributed by atoms with Crippen molar-refractivity contribution in [2.75, 3.05) is 13.2 Å². The quantitative estimate of drug-likeness (QED) is 0.413. The molecule has 0 aliphatic rings. The summed E-state index contributed by atoms with van der Waals surface area (Å²) in [5.41, 5.74) is 0. The highest BCUT2D eigenvalue weighted by molar-refractivity contribution is 5.83. The first-order valence-electron chi connectivity index (χ1n) is 4.05. The van der Waals surface area contributed by atoms with E-state index in [-0.39, 0.29) is 13.2 Å². The van der Waals surface area contributed by atoms with E-state index in [0.717, 1.165) is 0 Å². The fourth-order valence-corrected chi connectivity index (χ4v) is 0.470. The van der Waals surface area contributed by atoms with Crippen molar-refractivity contribution >= 4 is 18.5 Å². The maximum Gasteiger partial charge on any atom is 0.528 e. The smallest absolute Gasteiger partial charge is 0.430 e. The van der Waals surface area contributed by atoms with Gasteiger partial charge in [-0.25, -0.2) is 14.4 Å². The van der Waals surface area contributed by atoms with Crippen molar-refractivity contribution < 1.29 is 33.3 Å². The van der Waals surface area contributed by atoms with Crippen LogP contribution in [-0.2, 0) is 18.9 Å². The first-order valence-corrected chi connectivity index (χ1v) is 4.05. The summed E-state index contributed by atoms with van der Waals surface area (Å²) in [4.78, 5) is 32.0. The lowest BCUT2D eigenvalue weighted by molar-refractivity contribution is 0.0342. The first-order chi connectivity index (χ1) is 7.60. The van der Waals surface area contributed by atoms with Crippen molar-refractivity contribution in [3.63, 3.8) is 0 Å². The van der Waals surface area contributed by atoms with Gasteiger partial charge in [0.1, 0.15) is 13.2 Å². The van der Waals surface area contributed by atoms with E-state index in [9.17, 15) is 14.4 Å². The van der Waals surface area contributed by atoms with Gasteiger partial charge in [-0.15, -0.1) is 0 Å². The molecule has 0 aromatic carbocycles. The van der Waals surface area contributed by atoms with Crippen LogP contribution >= 0.6 is 0 Å². The highest BCUT2D eigenvalue weighted by atomic mass is 16.9. The van der Waals surface area contributed by atoms with Crippen molar-refractivity contribution in [1.82, 2.24) is 0 Å². The van der Waals surface area contributed by atoms with Gasteiger partial charge >= 0.3 is 18.5 Å². The van der Waals surface area contributed by atoms with Gasteiger partial charge in [-0.05, 0) is 0 Å². The van der Waals surface area contributed by atoms with Crippen molar-refractivity contribution in [2.45, 2.75) is 0 Å². The summed E-state index contributed by atoms with van der Waals surface area (Å²) in [6.45, 7) is 6.26. The second kappa shape index (κ2) is 8.04. The molecule has 0 radical (unpaired) electrons. The zero-order valence-electron chi connectivity index (χ0n) is 8.34. The van der Waals surface area contributed by atoms with Crippen LogP contribution in [0.25, 0.3) is 0 Å². The molecule has 0 N–H and O–H groups in total. The minimum atomic E-state index is -1.54. The molecular weight excluding hydrogens is 220 g/mol. The van der Waals surface area contributed by atoms with Gasteiger partial charge in [-0.1, -0.05) is 25.3 Å². The van der Waals surface area contributed by atoms with Gasteiger partial charge in [0.05, 0.1) is 0 Å². The summed E-state index contributed by atoms with van der Waals surface area (Å²) in [7, 11) is 0. The third kappa shape index (κ3) is 7.13. The number of rotatable bonds is 4. The van der Waals surface area contributed by atoms with Gasteiger partial charge < -0.3 is 18.9 Å². The number of ether oxygens (including phenoxy) is 4. The lowest BCUT2D eigenvalue weighted by Gasteiger charge is -2.02. The average molecular weight is 230 g/mol. The minimum Gasteiger partial charge on any atom is -0.430 e. The van der Waals surface area contributed by atoms with Gasteiger partial charge in [0.25, 0.3) is 0 Å². The van der Waals surface area contributed by atoms with Crippen molar-refractivity contribution in [3.8, 4) is 0 Å². The summed E-state index contributed by atoms with van der Waals surface area (Å²) in [5, 5.41) is 0. The molecule has 16 heavy (non-hydrogen) atoms. The van der Waals surface area contributed by atoms with Crippen LogP contribution in [0.2, 0.25) is 0 Å². The number of carbonyl (C=O) groups excluding carboxylic acids is 3. The molecule has 0 aliphatic heterocycles. The van der Waals surface area contributed by atoms with E-state index < -0.39 is 18.5 Å². The average Bonchev–Trinajstić information content (AvgIpc) is 2.23. The predicted molar refractivity (Wildman–Crippen MR) is 50.7 cm³/mol. The van der Waals surface area contributed by atoms with Crippen LogP contribution in [0.3, 0.4) is 0 Å².